The van der Waals surface area contributed by atoms with Gasteiger partial charge in [-0.1, -0.05) is 66.7 Å². The number of anilines is 1. The third kappa shape index (κ3) is 4.42. The van der Waals surface area contributed by atoms with Crippen LogP contribution in [0.3, 0.4) is 0 Å². The van der Waals surface area contributed by atoms with Crippen molar-refractivity contribution in [3.8, 4) is 0 Å². The van der Waals surface area contributed by atoms with Crippen LogP contribution in [0, 0.1) is 0 Å². The first-order valence-electron chi connectivity index (χ1n) is 10.3. The molecule has 3 aromatic rings. The molecule has 1 fully saturated rings. The van der Waals surface area contributed by atoms with Crippen molar-refractivity contribution < 1.29 is 0 Å². The van der Waals surface area contributed by atoms with Gasteiger partial charge in [-0.05, 0) is 42.5 Å². The first kappa shape index (κ1) is 18.7. The number of rotatable bonds is 7. The molecule has 4 rings (SSSR count). The molecule has 1 aromatic heterocycles. The summed E-state index contributed by atoms with van der Waals surface area (Å²) in [5, 5.41) is 3.73. The Morgan fingerprint density at radius 1 is 0.857 bits per heavy atom. The molecule has 0 bridgehead atoms. The van der Waals surface area contributed by atoms with Crippen molar-refractivity contribution in [1.82, 2.24) is 10.3 Å². The Morgan fingerprint density at radius 2 is 1.46 bits per heavy atom. The number of aromatic nitrogens is 1. The van der Waals surface area contributed by atoms with E-state index < -0.39 is 0 Å². The highest BCUT2D eigenvalue weighted by Crippen LogP contribution is 2.28. The number of hydrogen-bond acceptors (Lipinski definition) is 3. The lowest BCUT2D eigenvalue weighted by Gasteiger charge is -2.26. The maximum absolute atomic E-state index is 4.69. The molecule has 0 aliphatic carbocycles. The third-order valence-corrected chi connectivity index (χ3v) is 5.68. The summed E-state index contributed by atoms with van der Waals surface area (Å²) in [6, 6.07) is 26.2. The van der Waals surface area contributed by atoms with Crippen LogP contribution in [0.25, 0.3) is 0 Å². The van der Waals surface area contributed by atoms with Crippen LogP contribution in [0.15, 0.2) is 79.0 Å². The average Bonchev–Trinajstić information content (AvgIpc) is 3.29. The minimum absolute atomic E-state index is 0.308. The smallest absolute Gasteiger partial charge is 0.128 e. The topological polar surface area (TPSA) is 28.2 Å². The molecule has 1 aliphatic rings. The Morgan fingerprint density at radius 3 is 2.00 bits per heavy atom. The van der Waals surface area contributed by atoms with E-state index in [1.807, 2.05) is 6.20 Å². The number of benzene rings is 2. The van der Waals surface area contributed by atoms with E-state index in [0.29, 0.717) is 12.0 Å². The first-order chi connectivity index (χ1) is 13.8. The van der Waals surface area contributed by atoms with Crippen molar-refractivity contribution in [3.05, 3.63) is 95.7 Å². The minimum Gasteiger partial charge on any atom is -0.357 e. The van der Waals surface area contributed by atoms with Gasteiger partial charge in [0.2, 0.25) is 0 Å². The van der Waals surface area contributed by atoms with Crippen molar-refractivity contribution in [3.63, 3.8) is 0 Å². The van der Waals surface area contributed by atoms with E-state index in [1.54, 1.807) is 0 Å². The van der Waals surface area contributed by atoms with Gasteiger partial charge in [0.1, 0.15) is 5.82 Å². The Labute approximate surface area is 168 Å². The second-order valence-electron chi connectivity index (χ2n) is 7.69. The maximum Gasteiger partial charge on any atom is 0.128 e. The molecule has 3 heteroatoms. The monoisotopic (exact) mass is 371 g/mol. The molecule has 1 aliphatic heterocycles. The molecule has 0 amide bonds. The largest absolute Gasteiger partial charge is 0.357 e. The van der Waals surface area contributed by atoms with Gasteiger partial charge in [-0.2, -0.15) is 0 Å². The predicted octanol–water partition coefficient (Wildman–Crippen LogP) is 4.99. The van der Waals surface area contributed by atoms with Crippen molar-refractivity contribution in [1.29, 1.82) is 0 Å². The normalized spacial score (nSPS) is 15.1. The van der Waals surface area contributed by atoms with Gasteiger partial charge in [-0.3, -0.25) is 0 Å². The second-order valence-corrected chi connectivity index (χ2v) is 7.69. The van der Waals surface area contributed by atoms with Crippen LogP contribution in [0.4, 0.5) is 5.82 Å². The molecule has 144 valence electrons. The summed E-state index contributed by atoms with van der Waals surface area (Å²) in [4.78, 5) is 7.06. The summed E-state index contributed by atoms with van der Waals surface area (Å²) in [5.41, 5.74) is 3.92. The number of nitrogens with one attached hydrogen (secondary N) is 1. The van der Waals surface area contributed by atoms with Gasteiger partial charge in [0.25, 0.3) is 0 Å². The van der Waals surface area contributed by atoms with Crippen molar-refractivity contribution >= 4 is 5.82 Å². The van der Waals surface area contributed by atoms with Crippen molar-refractivity contribution in [2.75, 3.05) is 18.0 Å². The van der Waals surface area contributed by atoms with Gasteiger partial charge in [0, 0.05) is 37.8 Å². The molecular weight excluding hydrogens is 342 g/mol. The van der Waals surface area contributed by atoms with Gasteiger partial charge in [-0.15, -0.1) is 0 Å². The zero-order chi connectivity index (χ0) is 19.2. The predicted molar refractivity (Wildman–Crippen MR) is 117 cm³/mol. The molecule has 1 saturated heterocycles. The fourth-order valence-electron chi connectivity index (χ4n) is 4.14. The molecule has 1 atom stereocenters. The first-order valence-corrected chi connectivity index (χ1v) is 10.3. The van der Waals surface area contributed by atoms with E-state index in [9.17, 15) is 0 Å². The molecule has 1 unspecified atom stereocenters. The van der Waals surface area contributed by atoms with Crippen LogP contribution in [0.5, 0.6) is 0 Å². The van der Waals surface area contributed by atoms with Crippen LogP contribution in [-0.2, 0) is 6.54 Å². The molecule has 2 aromatic carbocycles. The molecule has 28 heavy (non-hydrogen) atoms. The Kier molecular flexibility index (Phi) is 6.03. The molecule has 3 nitrogen and oxygen atoms in total. The van der Waals surface area contributed by atoms with Crippen LogP contribution >= 0.6 is 0 Å². The molecule has 1 N–H and O–H groups in total. The van der Waals surface area contributed by atoms with Crippen LogP contribution < -0.4 is 10.2 Å². The van der Waals surface area contributed by atoms with Gasteiger partial charge >= 0.3 is 0 Å². The van der Waals surface area contributed by atoms with Crippen LogP contribution in [-0.4, -0.2) is 24.1 Å². The van der Waals surface area contributed by atoms with Gasteiger partial charge < -0.3 is 10.2 Å². The Balaban J connectivity index is 1.45. The van der Waals surface area contributed by atoms with Crippen molar-refractivity contribution in [2.24, 2.45) is 0 Å². The quantitative estimate of drug-likeness (QED) is 0.634. The second kappa shape index (κ2) is 9.03. The lowest BCUT2D eigenvalue weighted by molar-refractivity contribution is 0.498. The standard InChI is InChI=1S/C25H29N3/c1-20(25(22-10-4-2-5-11-22)23-12-6-3-7-13-23)26-18-21-14-15-24(27-19-21)28-16-8-9-17-28/h2-7,10-15,19-20,25-26H,8-9,16-18H2,1H3. The number of pyridine rings is 1. The van der Waals surface area contributed by atoms with E-state index >= 15 is 0 Å². The fourth-order valence-corrected chi connectivity index (χ4v) is 4.14. The van der Waals surface area contributed by atoms with E-state index in [2.05, 4.69) is 94.9 Å². The number of hydrogen-bond donors (Lipinski definition) is 1. The molecule has 0 spiro atoms. The highest BCUT2D eigenvalue weighted by atomic mass is 15.2. The highest BCUT2D eigenvalue weighted by molar-refractivity contribution is 5.40. The molecule has 0 radical (unpaired) electrons. The molecular formula is C25H29N3. The van der Waals surface area contributed by atoms with E-state index in [4.69, 9.17) is 0 Å². The van der Waals surface area contributed by atoms with Gasteiger partial charge in [-0.25, -0.2) is 4.98 Å². The zero-order valence-electron chi connectivity index (χ0n) is 16.6. The Bertz CT molecular complexity index is 800. The summed E-state index contributed by atoms with van der Waals surface area (Å²) < 4.78 is 0. The number of nitrogens with zero attached hydrogens (tertiary/aromatic N) is 2. The fraction of sp³-hybridized carbons (Fsp3) is 0.320. The highest BCUT2D eigenvalue weighted by Gasteiger charge is 2.21. The van der Waals surface area contributed by atoms with Gasteiger partial charge in [0.05, 0.1) is 0 Å². The lowest BCUT2D eigenvalue weighted by Crippen LogP contribution is -2.32. The Hall–Kier alpha value is -2.65. The van der Waals surface area contributed by atoms with Crippen molar-refractivity contribution in [2.45, 2.75) is 38.3 Å². The minimum atomic E-state index is 0.308. The summed E-state index contributed by atoms with van der Waals surface area (Å²) in [6.07, 6.45) is 4.58. The SMILES string of the molecule is CC(NCc1ccc(N2CCCC2)nc1)C(c1ccccc1)c1ccccc1. The molecule has 2 heterocycles. The summed E-state index contributed by atoms with van der Waals surface area (Å²) in [5.74, 6) is 1.43. The van der Waals surface area contributed by atoms with Gasteiger partial charge in [0.15, 0.2) is 0 Å². The zero-order valence-corrected chi connectivity index (χ0v) is 16.6. The lowest BCUT2D eigenvalue weighted by atomic mass is 9.86. The summed E-state index contributed by atoms with van der Waals surface area (Å²) >= 11 is 0. The summed E-state index contributed by atoms with van der Waals surface area (Å²) in [7, 11) is 0. The van der Waals surface area contributed by atoms with Crippen LogP contribution in [0.2, 0.25) is 0 Å². The van der Waals surface area contributed by atoms with E-state index in [1.165, 1.54) is 29.5 Å². The third-order valence-electron chi connectivity index (χ3n) is 5.68. The maximum atomic E-state index is 4.69. The molecule has 0 saturated carbocycles. The average molecular weight is 372 g/mol. The van der Waals surface area contributed by atoms with E-state index in [-0.39, 0.29) is 0 Å². The summed E-state index contributed by atoms with van der Waals surface area (Å²) in [6.45, 7) is 5.37. The van der Waals surface area contributed by atoms with E-state index in [0.717, 1.165) is 25.5 Å². The van der Waals surface area contributed by atoms with Crippen LogP contribution in [0.1, 0.15) is 42.4 Å².